The van der Waals surface area contributed by atoms with Crippen molar-refractivity contribution in [1.82, 2.24) is 0 Å². The minimum absolute atomic E-state index is 0.174. The van der Waals surface area contributed by atoms with Crippen molar-refractivity contribution in [1.29, 1.82) is 0 Å². The zero-order chi connectivity index (χ0) is 7.40. The Morgan fingerprint density at radius 2 is 2.60 bits per heavy atom. The lowest BCUT2D eigenvalue weighted by atomic mass is 10.2. The third-order valence-electron chi connectivity index (χ3n) is 1.43. The second-order valence-electron chi connectivity index (χ2n) is 2.54. The Morgan fingerprint density at radius 1 is 1.80 bits per heavy atom. The fourth-order valence-electron chi connectivity index (χ4n) is 0.977. The van der Waals surface area contributed by atoms with E-state index in [4.69, 9.17) is 4.74 Å². The molecule has 0 saturated heterocycles. The normalized spacial score (nSPS) is 17.5. The first-order valence-electron chi connectivity index (χ1n) is 3.60. The van der Waals surface area contributed by atoms with Crippen LogP contribution in [0.2, 0.25) is 0 Å². The SMILES string of the molecule is CC(=O)CC1=CCCCO1. The molecule has 0 aliphatic carbocycles. The number of hydrogen-bond acceptors (Lipinski definition) is 2. The van der Waals surface area contributed by atoms with E-state index in [1.165, 1.54) is 0 Å². The molecule has 0 radical (unpaired) electrons. The van der Waals surface area contributed by atoms with E-state index in [1.54, 1.807) is 6.92 Å². The molecule has 0 aromatic rings. The van der Waals surface area contributed by atoms with Crippen molar-refractivity contribution in [3.8, 4) is 0 Å². The second-order valence-corrected chi connectivity index (χ2v) is 2.54. The summed E-state index contributed by atoms with van der Waals surface area (Å²) in [6, 6.07) is 0. The predicted octanol–water partition coefficient (Wildman–Crippen LogP) is 1.66. The number of Topliss-reactive ketones (excluding diaryl/α,β-unsaturated/α-hetero) is 1. The molecular formula is C8H12O2. The van der Waals surface area contributed by atoms with Crippen LogP contribution >= 0.6 is 0 Å². The minimum atomic E-state index is 0.174. The standard InChI is InChI=1S/C8H12O2/c1-7(9)6-8-4-2-3-5-10-8/h4H,2-3,5-6H2,1H3. The van der Waals surface area contributed by atoms with Gasteiger partial charge in [0, 0.05) is 0 Å². The highest BCUT2D eigenvalue weighted by Gasteiger charge is 2.05. The summed E-state index contributed by atoms with van der Waals surface area (Å²) >= 11 is 0. The van der Waals surface area contributed by atoms with Crippen LogP contribution in [0.3, 0.4) is 0 Å². The van der Waals surface area contributed by atoms with Gasteiger partial charge in [-0.3, -0.25) is 4.79 Å². The van der Waals surface area contributed by atoms with Gasteiger partial charge in [-0.15, -0.1) is 0 Å². The maximum absolute atomic E-state index is 10.6. The van der Waals surface area contributed by atoms with Gasteiger partial charge in [-0.1, -0.05) is 0 Å². The quantitative estimate of drug-likeness (QED) is 0.583. The summed E-state index contributed by atoms with van der Waals surface area (Å²) in [7, 11) is 0. The van der Waals surface area contributed by atoms with Crippen LogP contribution in [-0.2, 0) is 9.53 Å². The topological polar surface area (TPSA) is 26.3 Å². The van der Waals surface area contributed by atoms with E-state index >= 15 is 0 Å². The van der Waals surface area contributed by atoms with E-state index in [0.717, 1.165) is 25.2 Å². The van der Waals surface area contributed by atoms with E-state index in [2.05, 4.69) is 0 Å². The highest BCUT2D eigenvalue weighted by molar-refractivity contribution is 5.77. The Morgan fingerprint density at radius 3 is 3.10 bits per heavy atom. The molecule has 1 rings (SSSR count). The van der Waals surface area contributed by atoms with E-state index in [-0.39, 0.29) is 5.78 Å². The van der Waals surface area contributed by atoms with Crippen molar-refractivity contribution in [3.05, 3.63) is 11.8 Å². The van der Waals surface area contributed by atoms with Crippen molar-refractivity contribution in [2.24, 2.45) is 0 Å². The lowest BCUT2D eigenvalue weighted by Gasteiger charge is -2.12. The summed E-state index contributed by atoms with van der Waals surface area (Å²) in [5.74, 6) is 1.03. The zero-order valence-electron chi connectivity index (χ0n) is 6.22. The molecular weight excluding hydrogens is 128 g/mol. The fraction of sp³-hybridized carbons (Fsp3) is 0.625. The molecule has 0 saturated carbocycles. The summed E-state index contributed by atoms with van der Waals surface area (Å²) in [5.41, 5.74) is 0. The Balaban J connectivity index is 2.38. The van der Waals surface area contributed by atoms with Crippen LogP contribution in [0.5, 0.6) is 0 Å². The first-order valence-corrected chi connectivity index (χ1v) is 3.60. The van der Waals surface area contributed by atoms with Gasteiger partial charge in [0.25, 0.3) is 0 Å². The van der Waals surface area contributed by atoms with Crippen LogP contribution in [-0.4, -0.2) is 12.4 Å². The number of ketones is 1. The van der Waals surface area contributed by atoms with Crippen LogP contribution in [0.25, 0.3) is 0 Å². The van der Waals surface area contributed by atoms with Crippen LogP contribution in [0.1, 0.15) is 26.2 Å². The molecule has 10 heavy (non-hydrogen) atoms. The molecule has 0 spiro atoms. The Kier molecular flexibility index (Phi) is 2.49. The average Bonchev–Trinajstić information content (AvgIpc) is 1.88. The maximum Gasteiger partial charge on any atom is 0.137 e. The molecule has 0 unspecified atom stereocenters. The van der Waals surface area contributed by atoms with Gasteiger partial charge in [-0.05, 0) is 25.8 Å². The molecule has 1 aliphatic heterocycles. The number of carbonyl (C=O) groups is 1. The number of allylic oxidation sites excluding steroid dienone is 2. The first-order chi connectivity index (χ1) is 4.79. The Labute approximate surface area is 60.9 Å². The van der Waals surface area contributed by atoms with E-state index < -0.39 is 0 Å². The van der Waals surface area contributed by atoms with Gasteiger partial charge < -0.3 is 4.74 Å². The largest absolute Gasteiger partial charge is 0.498 e. The first kappa shape index (κ1) is 7.32. The maximum atomic E-state index is 10.6. The lowest BCUT2D eigenvalue weighted by molar-refractivity contribution is -0.117. The van der Waals surface area contributed by atoms with Crippen molar-refractivity contribution >= 4 is 5.78 Å². The third-order valence-corrected chi connectivity index (χ3v) is 1.43. The van der Waals surface area contributed by atoms with Crippen LogP contribution in [0.4, 0.5) is 0 Å². The van der Waals surface area contributed by atoms with E-state index in [0.29, 0.717) is 6.42 Å². The van der Waals surface area contributed by atoms with Gasteiger partial charge in [0.15, 0.2) is 0 Å². The molecule has 1 heterocycles. The summed E-state index contributed by atoms with van der Waals surface area (Å²) < 4.78 is 5.23. The predicted molar refractivity (Wildman–Crippen MR) is 38.6 cm³/mol. The Hall–Kier alpha value is -0.790. The fourth-order valence-corrected chi connectivity index (χ4v) is 0.977. The molecule has 0 aromatic carbocycles. The molecule has 0 aromatic heterocycles. The molecule has 2 nitrogen and oxygen atoms in total. The summed E-state index contributed by atoms with van der Waals surface area (Å²) in [6.07, 6.45) is 4.62. The van der Waals surface area contributed by atoms with Crippen LogP contribution < -0.4 is 0 Å². The average molecular weight is 140 g/mol. The monoisotopic (exact) mass is 140 g/mol. The van der Waals surface area contributed by atoms with Gasteiger partial charge in [-0.2, -0.15) is 0 Å². The van der Waals surface area contributed by atoms with Gasteiger partial charge in [0.2, 0.25) is 0 Å². The number of hydrogen-bond donors (Lipinski definition) is 0. The highest BCUT2D eigenvalue weighted by atomic mass is 16.5. The summed E-state index contributed by atoms with van der Waals surface area (Å²) in [4.78, 5) is 10.6. The second kappa shape index (κ2) is 3.40. The molecule has 2 heteroatoms. The zero-order valence-corrected chi connectivity index (χ0v) is 6.22. The van der Waals surface area contributed by atoms with Gasteiger partial charge in [0.1, 0.15) is 5.78 Å². The summed E-state index contributed by atoms with van der Waals surface area (Å²) in [5, 5.41) is 0. The lowest BCUT2D eigenvalue weighted by Crippen LogP contribution is -2.04. The van der Waals surface area contributed by atoms with Crippen molar-refractivity contribution in [2.75, 3.05) is 6.61 Å². The van der Waals surface area contributed by atoms with Crippen LogP contribution in [0, 0.1) is 0 Å². The molecule has 0 bridgehead atoms. The van der Waals surface area contributed by atoms with Crippen LogP contribution in [0.15, 0.2) is 11.8 Å². The van der Waals surface area contributed by atoms with Gasteiger partial charge in [-0.25, -0.2) is 0 Å². The number of rotatable bonds is 2. The number of carbonyl (C=O) groups excluding carboxylic acids is 1. The molecule has 0 N–H and O–H groups in total. The third kappa shape index (κ3) is 2.21. The van der Waals surface area contributed by atoms with Gasteiger partial charge in [0.05, 0.1) is 18.8 Å². The highest BCUT2D eigenvalue weighted by Crippen LogP contribution is 2.12. The molecule has 0 fully saturated rings. The van der Waals surface area contributed by atoms with Gasteiger partial charge >= 0.3 is 0 Å². The molecule has 56 valence electrons. The molecule has 0 atom stereocenters. The van der Waals surface area contributed by atoms with E-state index in [1.807, 2.05) is 6.08 Å². The Bertz CT molecular complexity index is 159. The van der Waals surface area contributed by atoms with Crippen molar-refractivity contribution in [2.45, 2.75) is 26.2 Å². The van der Waals surface area contributed by atoms with Crippen molar-refractivity contribution in [3.63, 3.8) is 0 Å². The van der Waals surface area contributed by atoms with E-state index in [9.17, 15) is 4.79 Å². The molecule has 0 amide bonds. The minimum Gasteiger partial charge on any atom is -0.498 e. The summed E-state index contributed by atoms with van der Waals surface area (Å²) in [6.45, 7) is 2.36. The smallest absolute Gasteiger partial charge is 0.137 e. The van der Waals surface area contributed by atoms with Crippen molar-refractivity contribution < 1.29 is 9.53 Å². The molecule has 1 aliphatic rings. The number of ether oxygens (including phenoxy) is 1.